The van der Waals surface area contributed by atoms with Gasteiger partial charge in [0.05, 0.1) is 12.2 Å². The zero-order chi connectivity index (χ0) is 21.0. The Morgan fingerprint density at radius 3 is 2.69 bits per heavy atom. The number of esters is 1. The Morgan fingerprint density at radius 2 is 2.03 bits per heavy atom. The third kappa shape index (κ3) is 2.76. The lowest BCUT2D eigenvalue weighted by molar-refractivity contribution is -0.199. The van der Waals surface area contributed by atoms with Crippen LogP contribution in [0.2, 0.25) is 0 Å². The van der Waals surface area contributed by atoms with Crippen LogP contribution >= 0.6 is 0 Å². The molecular formula is C25H35NO3. The Hall–Kier alpha value is -1.60. The Labute approximate surface area is 175 Å². The van der Waals surface area contributed by atoms with Gasteiger partial charge in [-0.15, -0.1) is 6.58 Å². The van der Waals surface area contributed by atoms with Crippen LogP contribution in [0.3, 0.4) is 0 Å². The zero-order valence-electron chi connectivity index (χ0n) is 18.1. The smallest absolute Gasteiger partial charge is 0.302 e. The van der Waals surface area contributed by atoms with Crippen molar-refractivity contribution >= 4 is 5.97 Å². The van der Waals surface area contributed by atoms with Crippen LogP contribution in [0.4, 0.5) is 0 Å². The fraction of sp³-hybridized carbons (Fsp3) is 0.760. The fourth-order valence-electron chi connectivity index (χ4n) is 8.27. The van der Waals surface area contributed by atoms with Gasteiger partial charge in [-0.2, -0.15) is 5.26 Å². The summed E-state index contributed by atoms with van der Waals surface area (Å²) in [5, 5.41) is 19.9. The van der Waals surface area contributed by atoms with Crippen molar-refractivity contribution in [3.63, 3.8) is 0 Å². The number of aliphatic hydroxyl groups excluding tert-OH is 1. The van der Waals surface area contributed by atoms with Gasteiger partial charge >= 0.3 is 5.97 Å². The first-order valence-electron chi connectivity index (χ1n) is 11.3. The maximum atomic E-state index is 11.7. The van der Waals surface area contributed by atoms with Gasteiger partial charge in [0.15, 0.2) is 0 Å². The number of ether oxygens (including phenoxy) is 1. The molecule has 8 unspecified atom stereocenters. The number of hydrogen-bond acceptors (Lipinski definition) is 4. The number of nitriles is 1. The van der Waals surface area contributed by atoms with Crippen LogP contribution in [0.15, 0.2) is 24.3 Å². The standard InChI is InChI=1S/C25H35NO3/c1-5-25-12-11-23(3)17(10-13-26)6-8-19(23)20(25)9-7-18-14-21(28)22(29-16(2)27)15-24(18,25)4/h5,10,18-22,28H,1,6-9,11-12,14-15H2,2-4H3. The lowest BCUT2D eigenvalue weighted by atomic mass is 9.38. The van der Waals surface area contributed by atoms with E-state index in [0.717, 1.165) is 38.5 Å². The summed E-state index contributed by atoms with van der Waals surface area (Å²) >= 11 is 0. The summed E-state index contributed by atoms with van der Waals surface area (Å²) in [6, 6.07) is 2.29. The topological polar surface area (TPSA) is 70.3 Å². The Morgan fingerprint density at radius 1 is 1.28 bits per heavy atom. The van der Waals surface area contributed by atoms with E-state index in [1.807, 2.05) is 6.08 Å². The summed E-state index contributed by atoms with van der Waals surface area (Å²) in [5.74, 6) is 1.23. The van der Waals surface area contributed by atoms with Crippen LogP contribution in [-0.4, -0.2) is 23.3 Å². The summed E-state index contributed by atoms with van der Waals surface area (Å²) in [6.45, 7) is 10.5. The molecule has 0 aliphatic heterocycles. The second kappa shape index (κ2) is 6.98. The molecule has 8 atom stereocenters. The third-order valence-corrected chi connectivity index (χ3v) is 9.77. The normalized spacial score (nSPS) is 50.0. The van der Waals surface area contributed by atoms with Gasteiger partial charge in [0, 0.05) is 13.0 Å². The van der Waals surface area contributed by atoms with Crippen molar-refractivity contribution in [3.8, 4) is 6.07 Å². The third-order valence-electron chi connectivity index (χ3n) is 9.77. The summed E-state index contributed by atoms with van der Waals surface area (Å²) in [6.07, 6.45) is 11.1. The SMILES string of the molecule is C=CC12CCC3(C)C(=CC#N)CCC3C1CCC1CC(O)C(OC(C)=O)CC12C. The largest absolute Gasteiger partial charge is 0.460 e. The van der Waals surface area contributed by atoms with Crippen molar-refractivity contribution in [2.45, 2.75) is 84.3 Å². The molecule has 29 heavy (non-hydrogen) atoms. The number of fused-ring (bicyclic) bond motifs is 5. The van der Waals surface area contributed by atoms with E-state index in [0.29, 0.717) is 30.6 Å². The van der Waals surface area contributed by atoms with Gasteiger partial charge in [-0.25, -0.2) is 0 Å². The molecule has 4 heteroatoms. The van der Waals surface area contributed by atoms with E-state index in [-0.39, 0.29) is 22.2 Å². The average molecular weight is 398 g/mol. The highest BCUT2D eigenvalue weighted by Gasteiger charge is 2.66. The van der Waals surface area contributed by atoms with Gasteiger partial charge in [-0.1, -0.05) is 25.5 Å². The molecule has 4 nitrogen and oxygen atoms in total. The molecule has 0 aromatic heterocycles. The number of carbonyl (C=O) groups excluding carboxylic acids is 1. The fourth-order valence-corrected chi connectivity index (χ4v) is 8.27. The van der Waals surface area contributed by atoms with Crippen LogP contribution in [0.1, 0.15) is 72.1 Å². The van der Waals surface area contributed by atoms with Crippen LogP contribution in [0, 0.1) is 45.3 Å². The van der Waals surface area contributed by atoms with Gasteiger partial charge < -0.3 is 9.84 Å². The van der Waals surface area contributed by atoms with E-state index >= 15 is 0 Å². The number of allylic oxidation sites excluding steroid dienone is 3. The molecule has 158 valence electrons. The minimum Gasteiger partial charge on any atom is -0.460 e. The molecule has 4 saturated carbocycles. The van der Waals surface area contributed by atoms with Crippen molar-refractivity contribution < 1.29 is 14.6 Å². The second-order valence-electron chi connectivity index (χ2n) is 10.6. The molecule has 0 saturated heterocycles. The summed E-state index contributed by atoms with van der Waals surface area (Å²) in [4.78, 5) is 11.7. The Bertz CT molecular complexity index is 781. The van der Waals surface area contributed by atoms with E-state index in [1.54, 1.807) is 0 Å². The molecule has 4 fully saturated rings. The molecule has 1 N–H and O–H groups in total. The molecule has 0 spiro atoms. The van der Waals surface area contributed by atoms with Gasteiger partial charge in [0.2, 0.25) is 0 Å². The van der Waals surface area contributed by atoms with Crippen molar-refractivity contribution in [2.24, 2.45) is 34.0 Å². The number of rotatable bonds is 2. The molecule has 4 rings (SSSR count). The molecule has 0 radical (unpaired) electrons. The van der Waals surface area contributed by atoms with E-state index in [4.69, 9.17) is 4.74 Å². The van der Waals surface area contributed by atoms with Gasteiger partial charge in [0.25, 0.3) is 0 Å². The molecule has 0 bridgehead atoms. The predicted molar refractivity (Wildman–Crippen MR) is 112 cm³/mol. The van der Waals surface area contributed by atoms with Crippen LogP contribution < -0.4 is 0 Å². The Kier molecular flexibility index (Phi) is 4.97. The lowest BCUT2D eigenvalue weighted by Crippen LogP contribution is -2.62. The van der Waals surface area contributed by atoms with Crippen LogP contribution in [-0.2, 0) is 9.53 Å². The maximum Gasteiger partial charge on any atom is 0.302 e. The first kappa shape index (κ1) is 20.7. The zero-order valence-corrected chi connectivity index (χ0v) is 18.1. The Balaban J connectivity index is 1.72. The van der Waals surface area contributed by atoms with E-state index in [9.17, 15) is 15.2 Å². The van der Waals surface area contributed by atoms with Crippen molar-refractivity contribution in [1.29, 1.82) is 5.26 Å². The monoisotopic (exact) mass is 397 g/mol. The quantitative estimate of drug-likeness (QED) is 0.407. The first-order valence-corrected chi connectivity index (χ1v) is 11.3. The summed E-state index contributed by atoms with van der Waals surface area (Å²) in [5.41, 5.74) is 1.44. The molecule has 0 aromatic carbocycles. The van der Waals surface area contributed by atoms with Crippen molar-refractivity contribution in [1.82, 2.24) is 0 Å². The van der Waals surface area contributed by atoms with Gasteiger partial charge in [-0.3, -0.25) is 4.79 Å². The van der Waals surface area contributed by atoms with Crippen LogP contribution in [0.25, 0.3) is 0 Å². The number of carbonyl (C=O) groups is 1. The van der Waals surface area contributed by atoms with E-state index < -0.39 is 12.2 Å². The number of nitrogens with zero attached hydrogens (tertiary/aromatic N) is 1. The van der Waals surface area contributed by atoms with Crippen LogP contribution in [0.5, 0.6) is 0 Å². The maximum absolute atomic E-state index is 11.7. The highest BCUT2D eigenvalue weighted by Crippen LogP contribution is 2.73. The molecule has 0 aromatic rings. The molecule has 0 amide bonds. The van der Waals surface area contributed by atoms with Gasteiger partial charge in [0.1, 0.15) is 6.10 Å². The average Bonchev–Trinajstić information content (AvgIpc) is 2.99. The first-order chi connectivity index (χ1) is 13.7. The lowest BCUT2D eigenvalue weighted by Gasteiger charge is -2.67. The predicted octanol–water partition coefficient (Wildman–Crippen LogP) is 4.94. The summed E-state index contributed by atoms with van der Waals surface area (Å²) in [7, 11) is 0. The van der Waals surface area contributed by atoms with Gasteiger partial charge in [-0.05, 0) is 85.4 Å². The molecule has 0 heterocycles. The number of aliphatic hydroxyl groups is 1. The summed E-state index contributed by atoms with van der Waals surface area (Å²) < 4.78 is 5.57. The second-order valence-corrected chi connectivity index (χ2v) is 10.6. The molecule has 4 aliphatic carbocycles. The van der Waals surface area contributed by atoms with Crippen molar-refractivity contribution in [2.75, 3.05) is 0 Å². The number of hydrogen-bond donors (Lipinski definition) is 1. The van der Waals surface area contributed by atoms with E-state index in [2.05, 4.69) is 32.6 Å². The highest BCUT2D eigenvalue weighted by atomic mass is 16.6. The van der Waals surface area contributed by atoms with Crippen molar-refractivity contribution in [3.05, 3.63) is 24.3 Å². The van der Waals surface area contributed by atoms with E-state index in [1.165, 1.54) is 12.5 Å². The minimum absolute atomic E-state index is 0.000720. The molecule has 4 aliphatic rings. The minimum atomic E-state index is -0.569. The molecular weight excluding hydrogens is 362 g/mol. The highest BCUT2D eigenvalue weighted by molar-refractivity contribution is 5.66.